The molecule has 0 radical (unpaired) electrons. The quantitative estimate of drug-likeness (QED) is 0.0894. The number of rotatable bonds is 15. The van der Waals surface area contributed by atoms with Crippen molar-refractivity contribution in [3.63, 3.8) is 0 Å². The zero-order chi connectivity index (χ0) is 36.2. The fourth-order valence-corrected chi connectivity index (χ4v) is 9.08. The Labute approximate surface area is 308 Å². The molecule has 0 amide bonds. The number of ether oxygens (including phenoxy) is 1. The van der Waals surface area contributed by atoms with E-state index in [1.165, 1.54) is 34.8 Å². The zero-order valence-corrected chi connectivity index (χ0v) is 30.4. The van der Waals surface area contributed by atoms with Crippen molar-refractivity contribution in [1.82, 2.24) is 30.2 Å². The van der Waals surface area contributed by atoms with Crippen LogP contribution in [0.2, 0.25) is 0 Å². The van der Waals surface area contributed by atoms with Gasteiger partial charge in [-0.2, -0.15) is 0 Å². The predicted octanol–water partition coefficient (Wildman–Crippen LogP) is 5.60. The van der Waals surface area contributed by atoms with Gasteiger partial charge in [-0.15, -0.1) is 27.8 Å². The molecular weight excluding hydrogens is 701 g/mol. The van der Waals surface area contributed by atoms with Gasteiger partial charge >= 0.3 is 5.97 Å². The Bertz CT molecular complexity index is 2140. The van der Waals surface area contributed by atoms with Crippen LogP contribution < -0.4 is 10.9 Å². The predicted molar refractivity (Wildman–Crippen MR) is 202 cm³/mol. The normalized spacial score (nSPS) is 17.3. The fraction of sp³-hybridized carbons (Fsp3) is 0.368. The summed E-state index contributed by atoms with van der Waals surface area (Å²) in [5.74, 6) is -1.01. The van der Waals surface area contributed by atoms with Crippen molar-refractivity contribution >= 4 is 50.6 Å². The van der Waals surface area contributed by atoms with Crippen molar-refractivity contribution in [3.8, 4) is 5.75 Å². The number of phenolic OH excluding ortho intramolecular Hbond substituents is 1. The first-order valence-electron chi connectivity index (χ1n) is 17.5. The van der Waals surface area contributed by atoms with E-state index in [1.807, 2.05) is 57.9 Å². The highest BCUT2D eigenvalue weighted by Crippen LogP contribution is 2.42. The van der Waals surface area contributed by atoms with Crippen LogP contribution in [0.5, 0.6) is 5.75 Å². The number of carboxylic acid groups (broad SMARTS) is 1. The summed E-state index contributed by atoms with van der Waals surface area (Å²) in [5.41, 5.74) is 1.92. The number of hydrogen-bond acceptors (Lipinski definition) is 11. The number of aliphatic hydroxyl groups excluding tert-OH is 1. The number of aromatic nitrogens is 4. The van der Waals surface area contributed by atoms with Gasteiger partial charge in [0.05, 0.1) is 33.0 Å². The lowest BCUT2D eigenvalue weighted by molar-refractivity contribution is -0.170. The van der Waals surface area contributed by atoms with Crippen molar-refractivity contribution in [2.45, 2.75) is 69.0 Å². The Hall–Kier alpha value is -4.44. The molecule has 4 aromatic heterocycles. The fourth-order valence-electron chi connectivity index (χ4n) is 7.27. The highest BCUT2D eigenvalue weighted by atomic mass is 32.1. The molecule has 272 valence electrons. The van der Waals surface area contributed by atoms with Gasteiger partial charge in [0.2, 0.25) is 11.2 Å². The summed E-state index contributed by atoms with van der Waals surface area (Å²) >= 11 is 2.84. The minimum absolute atomic E-state index is 0.0409. The molecule has 5 N–H and O–H groups in total. The van der Waals surface area contributed by atoms with E-state index in [-0.39, 0.29) is 24.0 Å². The number of aromatic hydroxyl groups is 1. The molecule has 12 nitrogen and oxygen atoms in total. The molecule has 1 fully saturated rings. The second kappa shape index (κ2) is 15.7. The van der Waals surface area contributed by atoms with Gasteiger partial charge in [0.15, 0.2) is 0 Å². The lowest BCUT2D eigenvalue weighted by atomic mass is 9.90. The van der Waals surface area contributed by atoms with Crippen LogP contribution in [0.25, 0.3) is 21.9 Å². The molecule has 4 heterocycles. The third-order valence-electron chi connectivity index (χ3n) is 10.0. The SMILES string of the molecule is CN(CCCn1nnc2cc(CNCC(O)c3ccc(O)c4[nH]c(=O)ccc34)ccc21)C1CCC(OC(C(=O)O)(c2cccs2)c2cccs2)CC1. The molecule has 14 heteroatoms. The topological polar surface area (TPSA) is 166 Å². The number of fused-ring (bicyclic) bond motifs is 2. The Morgan fingerprint density at radius 2 is 1.83 bits per heavy atom. The standard InChI is InChI=1S/C38H42N6O6S2/c1-43(25-8-10-26(11-9-25)50-38(37(48)49,33-5-2-19-51-33)34-6-3-20-52-34)17-4-18-44-30-14-7-24(21-29(30)41-42-44)22-39-23-32(46)27-12-15-31(45)36-28(27)13-16-35(47)40-36/h2-3,5-7,12-16,19-21,25-26,32,39,45-46H,4,8-11,17-18,22-23H2,1H3,(H,40,47)(H,48,49). The van der Waals surface area contributed by atoms with Gasteiger partial charge in [0.1, 0.15) is 11.3 Å². The maximum absolute atomic E-state index is 12.8. The van der Waals surface area contributed by atoms with Gasteiger partial charge in [-0.05, 0) is 104 Å². The second-order valence-corrected chi connectivity index (χ2v) is 15.3. The molecule has 1 atom stereocenters. The van der Waals surface area contributed by atoms with Gasteiger partial charge < -0.3 is 35.3 Å². The van der Waals surface area contributed by atoms with Gasteiger partial charge in [0.25, 0.3) is 0 Å². The first-order valence-corrected chi connectivity index (χ1v) is 19.2. The molecule has 1 unspecified atom stereocenters. The molecule has 2 aromatic carbocycles. The molecule has 0 spiro atoms. The minimum atomic E-state index is -1.47. The second-order valence-electron chi connectivity index (χ2n) is 13.4. The summed E-state index contributed by atoms with van der Waals surface area (Å²) in [6.45, 7) is 2.43. The summed E-state index contributed by atoms with van der Waals surface area (Å²) in [7, 11) is 2.16. The van der Waals surface area contributed by atoms with E-state index in [4.69, 9.17) is 4.74 Å². The largest absolute Gasteiger partial charge is 0.506 e. The zero-order valence-electron chi connectivity index (χ0n) is 28.8. The highest BCUT2D eigenvalue weighted by molar-refractivity contribution is 7.12. The van der Waals surface area contributed by atoms with E-state index in [0.29, 0.717) is 38.8 Å². The molecule has 52 heavy (non-hydrogen) atoms. The number of phenols is 1. The maximum atomic E-state index is 12.8. The lowest BCUT2D eigenvalue weighted by Crippen LogP contribution is -2.44. The number of carbonyl (C=O) groups is 1. The van der Waals surface area contributed by atoms with Crippen LogP contribution in [-0.2, 0) is 28.2 Å². The van der Waals surface area contributed by atoms with E-state index >= 15 is 0 Å². The molecule has 0 saturated heterocycles. The molecule has 0 bridgehead atoms. The van der Waals surface area contributed by atoms with Crippen LogP contribution in [0.3, 0.4) is 0 Å². The molecule has 0 aliphatic heterocycles. The summed E-state index contributed by atoms with van der Waals surface area (Å²) in [4.78, 5) is 30.9. The van der Waals surface area contributed by atoms with Crippen LogP contribution in [0, 0.1) is 0 Å². The Morgan fingerprint density at radius 1 is 1.08 bits per heavy atom. The highest BCUT2D eigenvalue weighted by Gasteiger charge is 2.48. The molecule has 7 rings (SSSR count). The molecule has 6 aromatic rings. The summed E-state index contributed by atoms with van der Waals surface area (Å²) in [5, 5.41) is 48.0. The third-order valence-corrected chi connectivity index (χ3v) is 12.0. The molecule has 1 aliphatic rings. The van der Waals surface area contributed by atoms with Crippen molar-refractivity contribution in [3.05, 3.63) is 109 Å². The minimum Gasteiger partial charge on any atom is -0.506 e. The van der Waals surface area contributed by atoms with Gasteiger partial charge in [0, 0.05) is 37.1 Å². The number of aromatic amines is 1. The van der Waals surface area contributed by atoms with E-state index in [1.54, 1.807) is 12.1 Å². The lowest BCUT2D eigenvalue weighted by Gasteiger charge is -2.38. The number of carboxylic acids is 1. The number of thiophene rings is 2. The van der Waals surface area contributed by atoms with Crippen LogP contribution in [0.4, 0.5) is 0 Å². The summed E-state index contributed by atoms with van der Waals surface area (Å²) < 4.78 is 8.50. The number of aliphatic hydroxyl groups is 1. The summed E-state index contributed by atoms with van der Waals surface area (Å²) in [6, 6.07) is 20.1. The average Bonchev–Trinajstić information content (AvgIpc) is 3.95. The van der Waals surface area contributed by atoms with Crippen LogP contribution in [0.15, 0.2) is 82.3 Å². The molecule has 1 aliphatic carbocycles. The van der Waals surface area contributed by atoms with E-state index in [0.717, 1.165) is 61.8 Å². The first-order chi connectivity index (χ1) is 25.2. The number of hydrogen-bond donors (Lipinski definition) is 5. The van der Waals surface area contributed by atoms with Gasteiger partial charge in [-0.3, -0.25) is 4.79 Å². The monoisotopic (exact) mass is 742 g/mol. The number of pyridine rings is 1. The Morgan fingerprint density at radius 3 is 2.52 bits per heavy atom. The summed E-state index contributed by atoms with van der Waals surface area (Å²) in [6.07, 6.45) is 3.43. The van der Waals surface area contributed by atoms with E-state index in [2.05, 4.69) is 32.6 Å². The van der Waals surface area contributed by atoms with Gasteiger partial charge in [-0.25, -0.2) is 9.48 Å². The number of nitrogens with zero attached hydrogens (tertiary/aromatic N) is 4. The average molecular weight is 743 g/mol. The Kier molecular flexibility index (Phi) is 10.8. The Balaban J connectivity index is 0.884. The van der Waals surface area contributed by atoms with Crippen LogP contribution in [0.1, 0.15) is 59.1 Å². The van der Waals surface area contributed by atoms with Crippen molar-refractivity contribution in [1.29, 1.82) is 0 Å². The third kappa shape index (κ3) is 7.40. The van der Waals surface area contributed by atoms with Crippen molar-refractivity contribution < 1.29 is 24.9 Å². The number of benzene rings is 2. The molecule has 1 saturated carbocycles. The number of nitrogens with one attached hydrogen (secondary N) is 2. The van der Waals surface area contributed by atoms with Crippen molar-refractivity contribution in [2.75, 3.05) is 20.1 Å². The molecular formula is C38H42N6O6S2. The van der Waals surface area contributed by atoms with Crippen LogP contribution >= 0.6 is 22.7 Å². The number of aliphatic carboxylic acids is 1. The van der Waals surface area contributed by atoms with E-state index in [9.17, 15) is 24.9 Å². The number of aryl methyl sites for hydroxylation is 1. The van der Waals surface area contributed by atoms with Crippen LogP contribution in [-0.4, -0.2) is 78.4 Å². The number of H-pyrrole nitrogens is 1. The van der Waals surface area contributed by atoms with Gasteiger partial charge in [-0.1, -0.05) is 29.5 Å². The first kappa shape index (κ1) is 35.9. The van der Waals surface area contributed by atoms with Crippen molar-refractivity contribution in [2.24, 2.45) is 0 Å². The maximum Gasteiger partial charge on any atom is 0.347 e. The smallest absolute Gasteiger partial charge is 0.347 e. The van der Waals surface area contributed by atoms with E-state index < -0.39 is 17.7 Å².